The summed E-state index contributed by atoms with van der Waals surface area (Å²) in [4.78, 5) is 23.5. The van der Waals surface area contributed by atoms with Crippen LogP contribution in [-0.4, -0.2) is 42.4 Å². The molecule has 0 radical (unpaired) electrons. The summed E-state index contributed by atoms with van der Waals surface area (Å²) < 4.78 is 5.19. The van der Waals surface area contributed by atoms with E-state index in [0.29, 0.717) is 44.4 Å². The van der Waals surface area contributed by atoms with Crippen LogP contribution >= 0.6 is 0 Å². The number of hydrogen-bond acceptors (Lipinski definition) is 3. The van der Waals surface area contributed by atoms with Gasteiger partial charge in [0, 0.05) is 32.6 Å². The van der Waals surface area contributed by atoms with Crippen LogP contribution in [0.25, 0.3) is 0 Å². The number of hydrogen-bond donors (Lipinski definition) is 3. The molecule has 2 aliphatic rings. The first-order valence-corrected chi connectivity index (χ1v) is 7.91. The molecule has 1 aliphatic heterocycles. The van der Waals surface area contributed by atoms with Gasteiger partial charge in [-0.1, -0.05) is 26.2 Å². The molecule has 2 fully saturated rings. The summed E-state index contributed by atoms with van der Waals surface area (Å²) in [6.45, 7) is 3.58. The van der Waals surface area contributed by atoms with E-state index in [-0.39, 0.29) is 6.03 Å². The SMILES string of the molecule is CC1CCCCC1CNC(=O)NC1(C(=O)O)CCOCC1. The van der Waals surface area contributed by atoms with Crippen LogP contribution in [0, 0.1) is 11.8 Å². The lowest BCUT2D eigenvalue weighted by molar-refractivity contribution is -0.148. The first-order chi connectivity index (χ1) is 10.0. The van der Waals surface area contributed by atoms with Crippen molar-refractivity contribution in [2.45, 2.75) is 51.0 Å². The lowest BCUT2D eigenvalue weighted by atomic mass is 9.80. The molecule has 6 nitrogen and oxygen atoms in total. The number of urea groups is 1. The van der Waals surface area contributed by atoms with Crippen LogP contribution in [-0.2, 0) is 9.53 Å². The summed E-state index contributed by atoms with van der Waals surface area (Å²) in [6, 6.07) is -0.378. The Balaban J connectivity index is 1.83. The molecule has 2 amide bonds. The van der Waals surface area contributed by atoms with Crippen LogP contribution < -0.4 is 10.6 Å². The summed E-state index contributed by atoms with van der Waals surface area (Å²) in [6.07, 6.45) is 5.47. The van der Waals surface area contributed by atoms with Crippen LogP contribution in [0.3, 0.4) is 0 Å². The number of aliphatic carboxylic acids is 1. The van der Waals surface area contributed by atoms with Gasteiger partial charge < -0.3 is 20.5 Å². The van der Waals surface area contributed by atoms with E-state index in [1.165, 1.54) is 19.3 Å². The number of carbonyl (C=O) groups excluding carboxylic acids is 1. The third-order valence-corrected chi connectivity index (χ3v) is 4.92. The second-order valence-electron chi connectivity index (χ2n) is 6.36. The van der Waals surface area contributed by atoms with E-state index < -0.39 is 11.5 Å². The van der Waals surface area contributed by atoms with Crippen molar-refractivity contribution >= 4 is 12.0 Å². The minimum atomic E-state index is -1.18. The topological polar surface area (TPSA) is 87.7 Å². The lowest BCUT2D eigenvalue weighted by Gasteiger charge is -2.34. The number of carbonyl (C=O) groups is 2. The highest BCUT2D eigenvalue weighted by Gasteiger charge is 2.41. The highest BCUT2D eigenvalue weighted by atomic mass is 16.5. The zero-order chi connectivity index (χ0) is 15.3. The van der Waals surface area contributed by atoms with Gasteiger partial charge in [-0.05, 0) is 18.3 Å². The number of carboxylic acids is 1. The fourth-order valence-corrected chi connectivity index (χ4v) is 3.29. The first-order valence-electron chi connectivity index (χ1n) is 7.91. The Morgan fingerprint density at radius 1 is 1.24 bits per heavy atom. The van der Waals surface area contributed by atoms with Crippen molar-refractivity contribution in [3.8, 4) is 0 Å². The Morgan fingerprint density at radius 3 is 2.52 bits per heavy atom. The van der Waals surface area contributed by atoms with Crippen LogP contribution in [0.4, 0.5) is 4.79 Å². The number of carboxylic acid groups (broad SMARTS) is 1. The Hall–Kier alpha value is -1.30. The minimum absolute atomic E-state index is 0.315. The third-order valence-electron chi connectivity index (χ3n) is 4.92. The van der Waals surface area contributed by atoms with Gasteiger partial charge in [-0.25, -0.2) is 9.59 Å². The maximum atomic E-state index is 12.0. The molecule has 2 rings (SSSR count). The van der Waals surface area contributed by atoms with E-state index in [2.05, 4.69) is 17.6 Å². The summed E-state index contributed by atoms with van der Waals surface area (Å²) >= 11 is 0. The monoisotopic (exact) mass is 298 g/mol. The van der Waals surface area contributed by atoms with Crippen LogP contribution in [0.2, 0.25) is 0 Å². The molecule has 1 saturated carbocycles. The van der Waals surface area contributed by atoms with Crippen molar-refractivity contribution in [1.29, 1.82) is 0 Å². The van der Waals surface area contributed by atoms with Crippen molar-refractivity contribution in [1.82, 2.24) is 10.6 Å². The number of ether oxygens (including phenoxy) is 1. The van der Waals surface area contributed by atoms with E-state index in [4.69, 9.17) is 4.74 Å². The average molecular weight is 298 g/mol. The van der Waals surface area contributed by atoms with Gasteiger partial charge in [-0.15, -0.1) is 0 Å². The third kappa shape index (κ3) is 4.09. The van der Waals surface area contributed by atoms with Crippen molar-refractivity contribution in [3.05, 3.63) is 0 Å². The van der Waals surface area contributed by atoms with E-state index in [1.54, 1.807) is 0 Å². The highest BCUT2D eigenvalue weighted by molar-refractivity contribution is 5.86. The van der Waals surface area contributed by atoms with Gasteiger partial charge in [0.05, 0.1) is 0 Å². The molecule has 21 heavy (non-hydrogen) atoms. The summed E-state index contributed by atoms with van der Waals surface area (Å²) in [5.74, 6) is 0.141. The van der Waals surface area contributed by atoms with Crippen LogP contribution in [0.5, 0.6) is 0 Å². The quantitative estimate of drug-likeness (QED) is 0.738. The zero-order valence-electron chi connectivity index (χ0n) is 12.7. The highest BCUT2D eigenvalue weighted by Crippen LogP contribution is 2.29. The maximum absolute atomic E-state index is 12.0. The summed E-state index contributed by atoms with van der Waals surface area (Å²) in [5, 5.41) is 14.9. The molecule has 2 atom stereocenters. The van der Waals surface area contributed by atoms with E-state index in [0.717, 1.165) is 6.42 Å². The van der Waals surface area contributed by atoms with Gasteiger partial charge in [-0.3, -0.25) is 0 Å². The number of amides is 2. The Bertz CT molecular complexity index is 380. The molecule has 6 heteroatoms. The van der Waals surface area contributed by atoms with Gasteiger partial charge >= 0.3 is 12.0 Å². The molecular formula is C15H26N2O4. The van der Waals surface area contributed by atoms with Crippen molar-refractivity contribution in [2.75, 3.05) is 19.8 Å². The smallest absolute Gasteiger partial charge is 0.329 e. The first kappa shape index (κ1) is 16.1. The molecule has 1 aliphatic carbocycles. The fraction of sp³-hybridized carbons (Fsp3) is 0.867. The minimum Gasteiger partial charge on any atom is -0.480 e. The molecular weight excluding hydrogens is 272 g/mol. The average Bonchev–Trinajstić information content (AvgIpc) is 2.47. The second-order valence-corrected chi connectivity index (χ2v) is 6.36. The molecule has 1 heterocycles. The fourth-order valence-electron chi connectivity index (χ4n) is 3.29. The molecule has 2 unspecified atom stereocenters. The van der Waals surface area contributed by atoms with Crippen molar-refractivity contribution in [3.63, 3.8) is 0 Å². The van der Waals surface area contributed by atoms with Crippen LogP contribution in [0.1, 0.15) is 45.4 Å². The second kappa shape index (κ2) is 7.11. The van der Waals surface area contributed by atoms with Gasteiger partial charge in [-0.2, -0.15) is 0 Å². The molecule has 0 aromatic carbocycles. The van der Waals surface area contributed by atoms with E-state index in [1.807, 2.05) is 0 Å². The molecule has 0 spiro atoms. The zero-order valence-corrected chi connectivity index (χ0v) is 12.7. The molecule has 0 aromatic heterocycles. The Morgan fingerprint density at radius 2 is 1.90 bits per heavy atom. The maximum Gasteiger partial charge on any atom is 0.329 e. The molecule has 120 valence electrons. The standard InChI is InChI=1S/C15H26N2O4/c1-11-4-2-3-5-12(11)10-16-14(20)17-15(13(18)19)6-8-21-9-7-15/h11-12H,2-10H2,1H3,(H,18,19)(H2,16,17,20). The van der Waals surface area contributed by atoms with E-state index >= 15 is 0 Å². The molecule has 0 bridgehead atoms. The predicted molar refractivity (Wildman–Crippen MR) is 78.1 cm³/mol. The van der Waals surface area contributed by atoms with Crippen LogP contribution in [0.15, 0.2) is 0 Å². The number of nitrogens with one attached hydrogen (secondary N) is 2. The summed E-state index contributed by atoms with van der Waals surface area (Å²) in [7, 11) is 0. The van der Waals surface area contributed by atoms with E-state index in [9.17, 15) is 14.7 Å². The Kier molecular flexibility index (Phi) is 5.45. The summed E-state index contributed by atoms with van der Waals surface area (Å²) in [5.41, 5.74) is -1.18. The Labute approximate surface area is 125 Å². The largest absolute Gasteiger partial charge is 0.480 e. The number of rotatable bonds is 4. The van der Waals surface area contributed by atoms with Gasteiger partial charge in [0.15, 0.2) is 0 Å². The van der Waals surface area contributed by atoms with Gasteiger partial charge in [0.1, 0.15) is 5.54 Å². The predicted octanol–water partition coefficient (Wildman–Crippen LogP) is 1.75. The van der Waals surface area contributed by atoms with Crippen molar-refractivity contribution < 1.29 is 19.4 Å². The van der Waals surface area contributed by atoms with Gasteiger partial charge in [0.2, 0.25) is 0 Å². The molecule has 3 N–H and O–H groups in total. The normalized spacial score (nSPS) is 28.6. The lowest BCUT2D eigenvalue weighted by Crippen LogP contribution is -2.60. The molecule has 0 aromatic rings. The van der Waals surface area contributed by atoms with Gasteiger partial charge in [0.25, 0.3) is 0 Å². The van der Waals surface area contributed by atoms with Crippen molar-refractivity contribution in [2.24, 2.45) is 11.8 Å². The molecule has 1 saturated heterocycles.